The minimum atomic E-state index is 1.09. The van der Waals surface area contributed by atoms with Crippen LogP contribution in [0.3, 0.4) is 0 Å². The van der Waals surface area contributed by atoms with E-state index in [0.717, 1.165) is 50.9 Å². The van der Waals surface area contributed by atoms with E-state index in [4.69, 9.17) is 0 Å². The van der Waals surface area contributed by atoms with Crippen molar-refractivity contribution in [3.05, 3.63) is 261 Å². The van der Waals surface area contributed by atoms with Crippen LogP contribution in [-0.4, -0.2) is 4.57 Å². The minimum Gasteiger partial charge on any atom is -0.311 e. The molecule has 10 aromatic carbocycles. The lowest BCUT2D eigenvalue weighted by Crippen LogP contribution is -2.10. The molecule has 0 aliphatic heterocycles. The van der Waals surface area contributed by atoms with Gasteiger partial charge in [0.25, 0.3) is 0 Å². The molecule has 3 heteroatoms. The normalized spacial score (nSPS) is 11.2. The topological polar surface area (TPSA) is 11.4 Å². The van der Waals surface area contributed by atoms with Gasteiger partial charge in [-0.2, -0.15) is 0 Å². The molecule has 63 heavy (non-hydrogen) atoms. The highest BCUT2D eigenvalue weighted by atomic mass is 15.1. The number of anilines is 6. The summed E-state index contributed by atoms with van der Waals surface area (Å²) in [6.45, 7) is 0. The molecule has 0 radical (unpaired) electrons. The first-order chi connectivity index (χ1) is 31.2. The van der Waals surface area contributed by atoms with Gasteiger partial charge in [0.2, 0.25) is 0 Å². The Balaban J connectivity index is 0.935. The van der Waals surface area contributed by atoms with Crippen molar-refractivity contribution in [2.75, 3.05) is 9.80 Å². The van der Waals surface area contributed by atoms with Crippen LogP contribution in [0.1, 0.15) is 0 Å². The highest BCUT2D eigenvalue weighted by molar-refractivity contribution is 6.10. The lowest BCUT2D eigenvalue weighted by Gasteiger charge is -2.26. The Hall–Kier alpha value is -8.40. The predicted octanol–water partition coefficient (Wildman–Crippen LogP) is 16.7. The molecule has 11 rings (SSSR count). The number of rotatable bonds is 10. The van der Waals surface area contributed by atoms with Gasteiger partial charge in [0.1, 0.15) is 0 Å². The van der Waals surface area contributed by atoms with E-state index < -0.39 is 0 Å². The molecule has 3 nitrogen and oxygen atoms in total. The van der Waals surface area contributed by atoms with Crippen molar-refractivity contribution in [2.45, 2.75) is 0 Å². The minimum absolute atomic E-state index is 1.09. The van der Waals surface area contributed by atoms with Crippen LogP contribution in [0.5, 0.6) is 0 Å². The number of hydrogen-bond acceptors (Lipinski definition) is 2. The smallest absolute Gasteiger partial charge is 0.0561 e. The monoisotopic (exact) mass is 805 g/mol. The van der Waals surface area contributed by atoms with Crippen molar-refractivity contribution < 1.29 is 0 Å². The van der Waals surface area contributed by atoms with Crippen LogP contribution in [0.2, 0.25) is 0 Å². The van der Waals surface area contributed by atoms with Crippen LogP contribution in [0.25, 0.3) is 60.9 Å². The van der Waals surface area contributed by atoms with Crippen LogP contribution in [0, 0.1) is 0 Å². The molecule has 1 heterocycles. The molecular weight excluding hydrogens is 763 g/mol. The molecule has 11 aromatic rings. The van der Waals surface area contributed by atoms with Crippen LogP contribution >= 0.6 is 0 Å². The van der Waals surface area contributed by atoms with Crippen LogP contribution in [0.15, 0.2) is 261 Å². The lowest BCUT2D eigenvalue weighted by molar-refractivity contribution is 1.18. The Morgan fingerprint density at radius 2 is 0.540 bits per heavy atom. The van der Waals surface area contributed by atoms with Gasteiger partial charge in [-0.1, -0.05) is 170 Å². The molecule has 0 aliphatic rings. The summed E-state index contributed by atoms with van der Waals surface area (Å²) < 4.78 is 2.38. The van der Waals surface area contributed by atoms with E-state index >= 15 is 0 Å². The maximum absolute atomic E-state index is 2.38. The van der Waals surface area contributed by atoms with E-state index in [2.05, 4.69) is 275 Å². The number of aromatic nitrogens is 1. The molecule has 0 saturated heterocycles. The van der Waals surface area contributed by atoms with E-state index in [1.807, 2.05) is 0 Å². The van der Waals surface area contributed by atoms with Crippen molar-refractivity contribution in [1.29, 1.82) is 0 Å². The zero-order chi connectivity index (χ0) is 42.0. The molecule has 298 valence electrons. The Kier molecular flexibility index (Phi) is 9.89. The van der Waals surface area contributed by atoms with Gasteiger partial charge in [-0.25, -0.2) is 0 Å². The van der Waals surface area contributed by atoms with Gasteiger partial charge in [-0.15, -0.1) is 0 Å². The summed E-state index contributed by atoms with van der Waals surface area (Å²) in [7, 11) is 0. The molecule has 0 amide bonds. The van der Waals surface area contributed by atoms with E-state index in [9.17, 15) is 0 Å². The molecule has 0 bridgehead atoms. The third kappa shape index (κ3) is 7.32. The van der Waals surface area contributed by atoms with Gasteiger partial charge in [0.15, 0.2) is 0 Å². The maximum atomic E-state index is 2.38. The molecule has 0 unspecified atom stereocenters. The predicted molar refractivity (Wildman–Crippen MR) is 266 cm³/mol. The van der Waals surface area contributed by atoms with Crippen molar-refractivity contribution in [1.82, 2.24) is 4.57 Å². The first-order valence-electron chi connectivity index (χ1n) is 21.5. The molecule has 0 N–H and O–H groups in total. The third-order valence-electron chi connectivity index (χ3n) is 12.0. The van der Waals surface area contributed by atoms with E-state index in [1.165, 1.54) is 44.1 Å². The second-order valence-corrected chi connectivity index (χ2v) is 15.8. The standard InChI is InChI=1S/C60H43N3/c1-5-15-44(16-6-1)46-25-33-52(34-26-46)61(53-35-27-47(28-36-53)45-17-7-2-8-18-45)54-37-29-48(30-38-54)49-31-39-55(40-32-49)62(50-19-9-3-10-20-50)56-41-42-58-57-23-13-14-24-59(57)63(60(58)43-56)51-21-11-4-12-22-51/h1-43H. The fourth-order valence-electron chi connectivity index (χ4n) is 8.90. The Labute approximate surface area is 368 Å². The maximum Gasteiger partial charge on any atom is 0.0561 e. The average Bonchev–Trinajstić information content (AvgIpc) is 3.70. The highest BCUT2D eigenvalue weighted by Gasteiger charge is 2.18. The Morgan fingerprint density at radius 1 is 0.222 bits per heavy atom. The van der Waals surface area contributed by atoms with Crippen molar-refractivity contribution >= 4 is 55.9 Å². The van der Waals surface area contributed by atoms with Crippen LogP contribution in [0.4, 0.5) is 34.1 Å². The molecule has 0 spiro atoms. The lowest BCUT2D eigenvalue weighted by atomic mass is 10.0. The Morgan fingerprint density at radius 3 is 1.00 bits per heavy atom. The van der Waals surface area contributed by atoms with E-state index in [1.54, 1.807) is 0 Å². The van der Waals surface area contributed by atoms with Crippen molar-refractivity contribution in [3.8, 4) is 39.1 Å². The summed E-state index contributed by atoms with van der Waals surface area (Å²) in [6.07, 6.45) is 0. The fourth-order valence-corrected chi connectivity index (χ4v) is 8.90. The van der Waals surface area contributed by atoms with Crippen molar-refractivity contribution in [2.24, 2.45) is 0 Å². The van der Waals surface area contributed by atoms with Crippen LogP contribution in [-0.2, 0) is 0 Å². The molecule has 0 saturated carbocycles. The van der Waals surface area contributed by atoms with Crippen molar-refractivity contribution in [3.63, 3.8) is 0 Å². The number of hydrogen-bond donors (Lipinski definition) is 0. The van der Waals surface area contributed by atoms with E-state index in [-0.39, 0.29) is 0 Å². The fraction of sp³-hybridized carbons (Fsp3) is 0. The van der Waals surface area contributed by atoms with Gasteiger partial charge in [0.05, 0.1) is 11.0 Å². The van der Waals surface area contributed by atoms with E-state index in [0.29, 0.717) is 0 Å². The first-order valence-corrected chi connectivity index (χ1v) is 21.5. The van der Waals surface area contributed by atoms with Gasteiger partial charge in [0, 0.05) is 50.6 Å². The van der Waals surface area contributed by atoms with Gasteiger partial charge >= 0.3 is 0 Å². The first kappa shape index (κ1) is 37.6. The molecule has 0 fully saturated rings. The molecular formula is C60H43N3. The largest absolute Gasteiger partial charge is 0.311 e. The second kappa shape index (κ2) is 16.6. The van der Waals surface area contributed by atoms with Gasteiger partial charge < -0.3 is 14.4 Å². The molecule has 1 aromatic heterocycles. The Bertz CT molecular complexity index is 3190. The number of nitrogens with zero attached hydrogens (tertiary/aromatic N) is 3. The average molecular weight is 806 g/mol. The zero-order valence-corrected chi connectivity index (χ0v) is 34.7. The SMILES string of the molecule is c1ccc(-c2ccc(N(c3ccc(-c4ccccc4)cc3)c3ccc(-c4ccc(N(c5ccccc5)c5ccc6c7ccccc7n(-c7ccccc7)c6c5)cc4)cc3)cc2)cc1. The summed E-state index contributed by atoms with van der Waals surface area (Å²) >= 11 is 0. The third-order valence-corrected chi connectivity index (χ3v) is 12.0. The highest BCUT2D eigenvalue weighted by Crippen LogP contribution is 2.41. The number of benzene rings is 10. The second-order valence-electron chi connectivity index (χ2n) is 15.8. The zero-order valence-electron chi connectivity index (χ0n) is 34.7. The molecule has 0 atom stereocenters. The molecule has 0 aliphatic carbocycles. The van der Waals surface area contributed by atoms with Gasteiger partial charge in [-0.3, -0.25) is 0 Å². The van der Waals surface area contributed by atoms with Gasteiger partial charge in [-0.05, 0) is 124 Å². The summed E-state index contributed by atoms with van der Waals surface area (Å²) in [5.74, 6) is 0. The summed E-state index contributed by atoms with van der Waals surface area (Å²) in [5, 5.41) is 2.48. The number of para-hydroxylation sites is 3. The summed E-state index contributed by atoms with van der Waals surface area (Å²) in [6, 6.07) is 93.6. The quantitative estimate of drug-likeness (QED) is 0.136. The summed E-state index contributed by atoms with van der Waals surface area (Å²) in [4.78, 5) is 4.69. The number of fused-ring (bicyclic) bond motifs is 3. The summed E-state index contributed by atoms with van der Waals surface area (Å²) in [5.41, 5.74) is 17.2. The van der Waals surface area contributed by atoms with Crippen LogP contribution < -0.4 is 9.80 Å².